The van der Waals surface area contributed by atoms with Gasteiger partial charge in [-0.05, 0) is 36.8 Å². The molecule has 2 unspecified atom stereocenters. The van der Waals surface area contributed by atoms with E-state index >= 15 is 0 Å². The van der Waals surface area contributed by atoms with Crippen molar-refractivity contribution in [2.45, 2.75) is 32.6 Å². The van der Waals surface area contributed by atoms with Crippen LogP contribution >= 0.6 is 0 Å². The Morgan fingerprint density at radius 1 is 1.29 bits per heavy atom. The predicted octanol–water partition coefficient (Wildman–Crippen LogP) is 4.20. The van der Waals surface area contributed by atoms with Crippen molar-refractivity contribution >= 4 is 5.69 Å². The first-order valence-electron chi connectivity index (χ1n) is 6.34. The largest absolute Gasteiger partial charge is 0.382 e. The molecule has 1 aliphatic carbocycles. The Bertz CT molecular complexity index is 378. The molecule has 0 aliphatic heterocycles. The smallest absolute Gasteiger partial charge is 0.181 e. The van der Waals surface area contributed by atoms with Crippen molar-refractivity contribution in [1.29, 1.82) is 0 Å². The highest BCUT2D eigenvalue weighted by atomic mass is 19.2. The molecular formula is C14H19F2N. The average molecular weight is 239 g/mol. The van der Waals surface area contributed by atoms with E-state index in [9.17, 15) is 8.78 Å². The fourth-order valence-electron chi connectivity index (χ4n) is 2.64. The van der Waals surface area contributed by atoms with E-state index in [1.54, 1.807) is 6.07 Å². The van der Waals surface area contributed by atoms with Crippen LogP contribution in [0, 0.1) is 23.5 Å². The predicted molar refractivity (Wildman–Crippen MR) is 66.0 cm³/mol. The number of nitrogens with one attached hydrogen (secondary N) is 1. The molecule has 0 bridgehead atoms. The molecule has 0 radical (unpaired) electrons. The normalized spacial score (nSPS) is 24.6. The second-order valence-corrected chi connectivity index (χ2v) is 5.12. The van der Waals surface area contributed by atoms with Gasteiger partial charge in [-0.1, -0.05) is 25.8 Å². The summed E-state index contributed by atoms with van der Waals surface area (Å²) < 4.78 is 26.4. The highest BCUT2D eigenvalue weighted by molar-refractivity contribution is 5.44. The first-order chi connectivity index (χ1) is 8.16. The molecule has 1 aromatic rings. The molecule has 3 heteroatoms. The zero-order chi connectivity index (χ0) is 12.3. The van der Waals surface area contributed by atoms with Crippen molar-refractivity contribution in [3.8, 4) is 0 Å². The minimum absolute atomic E-state index is 0.281. The minimum atomic E-state index is -0.785. The van der Waals surface area contributed by atoms with Gasteiger partial charge in [0, 0.05) is 6.54 Å². The zero-order valence-electron chi connectivity index (χ0n) is 10.2. The van der Waals surface area contributed by atoms with Crippen LogP contribution in [0.5, 0.6) is 0 Å². The lowest BCUT2D eigenvalue weighted by molar-refractivity contribution is 0.293. The number of halogens is 2. The van der Waals surface area contributed by atoms with E-state index in [-0.39, 0.29) is 5.69 Å². The van der Waals surface area contributed by atoms with Crippen LogP contribution in [-0.4, -0.2) is 6.54 Å². The maximum atomic E-state index is 13.4. The number of rotatable bonds is 3. The molecule has 0 spiro atoms. The number of hydrogen-bond acceptors (Lipinski definition) is 1. The monoisotopic (exact) mass is 239 g/mol. The SMILES string of the molecule is CC1CCCC(CNc2cccc(F)c2F)C1. The molecule has 0 heterocycles. The summed E-state index contributed by atoms with van der Waals surface area (Å²) >= 11 is 0. The summed E-state index contributed by atoms with van der Waals surface area (Å²) in [5.41, 5.74) is 0.281. The quantitative estimate of drug-likeness (QED) is 0.833. The van der Waals surface area contributed by atoms with Gasteiger partial charge in [-0.2, -0.15) is 0 Å². The van der Waals surface area contributed by atoms with Crippen LogP contribution in [0.1, 0.15) is 32.6 Å². The van der Waals surface area contributed by atoms with Crippen molar-refractivity contribution in [2.75, 3.05) is 11.9 Å². The Morgan fingerprint density at radius 2 is 2.12 bits per heavy atom. The first-order valence-corrected chi connectivity index (χ1v) is 6.34. The van der Waals surface area contributed by atoms with E-state index in [2.05, 4.69) is 12.2 Å². The maximum absolute atomic E-state index is 13.4. The molecule has 0 aromatic heterocycles. The third-order valence-electron chi connectivity index (χ3n) is 3.58. The van der Waals surface area contributed by atoms with Crippen LogP contribution in [0.4, 0.5) is 14.5 Å². The zero-order valence-corrected chi connectivity index (χ0v) is 10.2. The molecule has 1 fully saturated rings. The molecule has 1 aliphatic rings. The Hall–Kier alpha value is -1.12. The van der Waals surface area contributed by atoms with Crippen molar-refractivity contribution in [3.05, 3.63) is 29.8 Å². The molecule has 1 aromatic carbocycles. The van der Waals surface area contributed by atoms with Gasteiger partial charge in [0.15, 0.2) is 11.6 Å². The molecule has 1 saturated carbocycles. The van der Waals surface area contributed by atoms with E-state index in [1.165, 1.54) is 31.7 Å². The van der Waals surface area contributed by atoms with Gasteiger partial charge in [0.2, 0.25) is 0 Å². The van der Waals surface area contributed by atoms with Gasteiger partial charge in [-0.3, -0.25) is 0 Å². The number of anilines is 1. The average Bonchev–Trinajstić information content (AvgIpc) is 2.31. The summed E-state index contributed by atoms with van der Waals surface area (Å²) in [7, 11) is 0. The topological polar surface area (TPSA) is 12.0 Å². The van der Waals surface area contributed by atoms with E-state index < -0.39 is 11.6 Å². The van der Waals surface area contributed by atoms with Gasteiger partial charge in [-0.15, -0.1) is 0 Å². The lowest BCUT2D eigenvalue weighted by Gasteiger charge is -2.27. The molecule has 1 nitrogen and oxygen atoms in total. The fourth-order valence-corrected chi connectivity index (χ4v) is 2.64. The molecule has 0 saturated heterocycles. The second kappa shape index (κ2) is 5.48. The molecule has 0 amide bonds. The lowest BCUT2D eigenvalue weighted by atomic mass is 9.82. The summed E-state index contributed by atoms with van der Waals surface area (Å²) in [5, 5.41) is 3.03. The standard InChI is InChI=1S/C14H19F2N/c1-10-4-2-5-11(8-10)9-17-13-7-3-6-12(15)14(13)16/h3,6-7,10-11,17H,2,4-5,8-9H2,1H3. The molecule has 2 rings (SSSR count). The highest BCUT2D eigenvalue weighted by Crippen LogP contribution is 2.29. The van der Waals surface area contributed by atoms with Crippen LogP contribution in [0.15, 0.2) is 18.2 Å². The van der Waals surface area contributed by atoms with E-state index in [4.69, 9.17) is 0 Å². The summed E-state index contributed by atoms with van der Waals surface area (Å²) in [6.45, 7) is 3.00. The molecule has 1 N–H and O–H groups in total. The summed E-state index contributed by atoms with van der Waals surface area (Å²) in [6, 6.07) is 4.26. The Kier molecular flexibility index (Phi) is 3.97. The Morgan fingerprint density at radius 3 is 2.88 bits per heavy atom. The highest BCUT2D eigenvalue weighted by Gasteiger charge is 2.19. The number of hydrogen-bond donors (Lipinski definition) is 1. The van der Waals surface area contributed by atoms with Gasteiger partial charge in [-0.25, -0.2) is 8.78 Å². The molecule has 94 valence electrons. The third-order valence-corrected chi connectivity index (χ3v) is 3.58. The van der Waals surface area contributed by atoms with Crippen molar-refractivity contribution in [2.24, 2.45) is 11.8 Å². The molecular weight excluding hydrogens is 220 g/mol. The van der Waals surface area contributed by atoms with Crippen LogP contribution in [-0.2, 0) is 0 Å². The van der Waals surface area contributed by atoms with Crippen LogP contribution in [0.3, 0.4) is 0 Å². The van der Waals surface area contributed by atoms with Crippen LogP contribution in [0.25, 0.3) is 0 Å². The van der Waals surface area contributed by atoms with Crippen molar-refractivity contribution < 1.29 is 8.78 Å². The van der Waals surface area contributed by atoms with Gasteiger partial charge in [0.25, 0.3) is 0 Å². The summed E-state index contributed by atoms with van der Waals surface area (Å²) in [4.78, 5) is 0. The van der Waals surface area contributed by atoms with Crippen molar-refractivity contribution in [1.82, 2.24) is 0 Å². The van der Waals surface area contributed by atoms with Crippen LogP contribution in [0.2, 0.25) is 0 Å². The summed E-state index contributed by atoms with van der Waals surface area (Å²) in [5.74, 6) is -0.210. The van der Waals surface area contributed by atoms with Gasteiger partial charge in [0.1, 0.15) is 0 Å². The third kappa shape index (κ3) is 3.18. The molecule has 17 heavy (non-hydrogen) atoms. The Balaban J connectivity index is 1.91. The Labute approximate surface area is 101 Å². The minimum Gasteiger partial charge on any atom is -0.382 e. The maximum Gasteiger partial charge on any atom is 0.181 e. The first kappa shape index (κ1) is 12.3. The lowest BCUT2D eigenvalue weighted by Crippen LogP contribution is -2.21. The van der Waals surface area contributed by atoms with E-state index in [0.29, 0.717) is 5.92 Å². The fraction of sp³-hybridized carbons (Fsp3) is 0.571. The summed E-state index contributed by atoms with van der Waals surface area (Å²) in [6.07, 6.45) is 4.92. The van der Waals surface area contributed by atoms with Crippen LogP contribution < -0.4 is 5.32 Å². The van der Waals surface area contributed by atoms with E-state index in [1.807, 2.05) is 0 Å². The van der Waals surface area contributed by atoms with Gasteiger partial charge >= 0.3 is 0 Å². The van der Waals surface area contributed by atoms with Gasteiger partial charge in [0.05, 0.1) is 5.69 Å². The second-order valence-electron chi connectivity index (χ2n) is 5.12. The van der Waals surface area contributed by atoms with Gasteiger partial charge < -0.3 is 5.32 Å². The molecule has 2 atom stereocenters. The number of benzene rings is 1. The van der Waals surface area contributed by atoms with Crippen molar-refractivity contribution in [3.63, 3.8) is 0 Å². The van der Waals surface area contributed by atoms with E-state index in [0.717, 1.165) is 18.5 Å².